The van der Waals surface area contributed by atoms with Gasteiger partial charge in [0.25, 0.3) is 0 Å². The van der Waals surface area contributed by atoms with E-state index in [1.807, 2.05) is 18.2 Å². The number of H-pyrrole nitrogens is 1. The molecule has 0 bridgehead atoms. The standard InChI is InChI=1S/C18H23N3O2/c1-3-12(2)21-18(9-4-10-18)17-19-14-7-5-13(6-8-16(22)23)11-15(14)20-17/h5-8,11-12,21H,3-4,9-10H2,1-2H3,(H,19,20)(H,22,23)/b8-6+. The van der Waals surface area contributed by atoms with Crippen molar-refractivity contribution in [2.75, 3.05) is 0 Å². The number of rotatable bonds is 6. The van der Waals surface area contributed by atoms with Crippen molar-refractivity contribution in [1.29, 1.82) is 0 Å². The first-order valence-electron chi connectivity index (χ1n) is 8.21. The molecule has 2 aromatic rings. The fourth-order valence-corrected chi connectivity index (χ4v) is 3.08. The molecule has 5 heteroatoms. The predicted octanol–water partition coefficient (Wildman–Crippen LogP) is 3.43. The van der Waals surface area contributed by atoms with Gasteiger partial charge >= 0.3 is 5.97 Å². The highest BCUT2D eigenvalue weighted by atomic mass is 16.4. The summed E-state index contributed by atoms with van der Waals surface area (Å²) in [6.07, 6.45) is 7.25. The van der Waals surface area contributed by atoms with Gasteiger partial charge in [-0.2, -0.15) is 0 Å². The van der Waals surface area contributed by atoms with Gasteiger partial charge < -0.3 is 15.4 Å². The molecule has 1 aromatic heterocycles. The minimum atomic E-state index is -0.943. The highest BCUT2D eigenvalue weighted by molar-refractivity contribution is 5.86. The van der Waals surface area contributed by atoms with Crippen LogP contribution in [0.15, 0.2) is 24.3 Å². The molecule has 23 heavy (non-hydrogen) atoms. The normalized spacial score (nSPS) is 18.2. The summed E-state index contributed by atoms with van der Waals surface area (Å²) < 4.78 is 0. The minimum absolute atomic E-state index is 0.0362. The summed E-state index contributed by atoms with van der Waals surface area (Å²) in [5.74, 6) is 0.0555. The number of imidazole rings is 1. The number of aromatic nitrogens is 2. The zero-order valence-corrected chi connectivity index (χ0v) is 13.6. The second kappa shape index (κ2) is 6.16. The van der Waals surface area contributed by atoms with Gasteiger partial charge in [-0.05, 0) is 56.4 Å². The Balaban J connectivity index is 1.91. The molecule has 1 saturated carbocycles. The fourth-order valence-electron chi connectivity index (χ4n) is 3.08. The van der Waals surface area contributed by atoms with Crippen molar-refractivity contribution in [3.63, 3.8) is 0 Å². The third kappa shape index (κ3) is 3.15. The lowest BCUT2D eigenvalue weighted by atomic mass is 9.75. The number of carbonyl (C=O) groups is 1. The molecular formula is C18H23N3O2. The Bertz CT molecular complexity index is 744. The lowest BCUT2D eigenvalue weighted by Crippen LogP contribution is -2.52. The van der Waals surface area contributed by atoms with E-state index in [0.29, 0.717) is 6.04 Å². The van der Waals surface area contributed by atoms with Gasteiger partial charge in [-0.1, -0.05) is 13.0 Å². The molecule has 1 aliphatic rings. The molecule has 5 nitrogen and oxygen atoms in total. The first-order chi connectivity index (χ1) is 11.0. The number of carboxylic acid groups (broad SMARTS) is 1. The van der Waals surface area contributed by atoms with E-state index in [1.54, 1.807) is 6.08 Å². The van der Waals surface area contributed by atoms with Crippen LogP contribution in [0.3, 0.4) is 0 Å². The van der Waals surface area contributed by atoms with Crippen LogP contribution in [0.4, 0.5) is 0 Å². The summed E-state index contributed by atoms with van der Waals surface area (Å²) in [7, 11) is 0. The van der Waals surface area contributed by atoms with Crippen LogP contribution in [0.5, 0.6) is 0 Å². The minimum Gasteiger partial charge on any atom is -0.478 e. The topological polar surface area (TPSA) is 78.0 Å². The van der Waals surface area contributed by atoms with Gasteiger partial charge in [0, 0.05) is 12.1 Å². The molecule has 0 spiro atoms. The summed E-state index contributed by atoms with van der Waals surface area (Å²) in [5.41, 5.74) is 2.69. The molecule has 122 valence electrons. The van der Waals surface area contributed by atoms with Crippen molar-refractivity contribution in [3.05, 3.63) is 35.7 Å². The Morgan fingerprint density at radius 2 is 2.30 bits per heavy atom. The highest BCUT2D eigenvalue weighted by Gasteiger charge is 2.41. The summed E-state index contributed by atoms with van der Waals surface area (Å²) >= 11 is 0. The molecule has 1 aromatic carbocycles. The Hall–Kier alpha value is -2.14. The predicted molar refractivity (Wildman–Crippen MR) is 91.2 cm³/mol. The molecule has 1 fully saturated rings. The van der Waals surface area contributed by atoms with Crippen molar-refractivity contribution in [2.45, 2.75) is 51.1 Å². The Kier molecular flexibility index (Phi) is 4.22. The second-order valence-corrected chi connectivity index (χ2v) is 6.42. The maximum atomic E-state index is 10.6. The molecule has 1 unspecified atom stereocenters. The Morgan fingerprint density at radius 1 is 1.52 bits per heavy atom. The van der Waals surface area contributed by atoms with Crippen molar-refractivity contribution >= 4 is 23.1 Å². The van der Waals surface area contributed by atoms with Crippen LogP contribution in [-0.4, -0.2) is 27.1 Å². The molecule has 3 N–H and O–H groups in total. The average molecular weight is 313 g/mol. The number of benzene rings is 1. The quantitative estimate of drug-likeness (QED) is 0.714. The number of hydrogen-bond donors (Lipinski definition) is 3. The van der Waals surface area contributed by atoms with Gasteiger partial charge in [-0.3, -0.25) is 0 Å². The van der Waals surface area contributed by atoms with Crippen LogP contribution in [0.2, 0.25) is 0 Å². The average Bonchev–Trinajstić information content (AvgIpc) is 2.91. The Labute approximate surface area is 135 Å². The number of aliphatic carboxylic acids is 1. The van der Waals surface area contributed by atoms with E-state index in [4.69, 9.17) is 10.1 Å². The summed E-state index contributed by atoms with van der Waals surface area (Å²) in [6, 6.07) is 6.23. The first-order valence-corrected chi connectivity index (χ1v) is 8.21. The monoisotopic (exact) mass is 313 g/mol. The number of carboxylic acids is 1. The zero-order valence-electron chi connectivity index (χ0n) is 13.6. The molecular weight excluding hydrogens is 290 g/mol. The van der Waals surface area contributed by atoms with Crippen LogP contribution < -0.4 is 5.32 Å². The van der Waals surface area contributed by atoms with Gasteiger partial charge in [0.05, 0.1) is 16.6 Å². The molecule has 1 atom stereocenters. The Morgan fingerprint density at radius 3 is 2.91 bits per heavy atom. The van der Waals surface area contributed by atoms with E-state index in [1.165, 1.54) is 6.42 Å². The van der Waals surface area contributed by atoms with E-state index in [0.717, 1.165) is 47.8 Å². The van der Waals surface area contributed by atoms with Crippen LogP contribution >= 0.6 is 0 Å². The van der Waals surface area contributed by atoms with Crippen molar-refractivity contribution < 1.29 is 9.90 Å². The largest absolute Gasteiger partial charge is 0.478 e. The number of nitrogens with one attached hydrogen (secondary N) is 2. The van der Waals surface area contributed by atoms with E-state index in [-0.39, 0.29) is 5.54 Å². The molecule has 0 radical (unpaired) electrons. The lowest BCUT2D eigenvalue weighted by Gasteiger charge is -2.43. The number of nitrogens with zero attached hydrogens (tertiary/aromatic N) is 1. The smallest absolute Gasteiger partial charge is 0.328 e. The maximum Gasteiger partial charge on any atom is 0.328 e. The van der Waals surface area contributed by atoms with Gasteiger partial charge in [0.15, 0.2) is 0 Å². The third-order valence-corrected chi connectivity index (χ3v) is 4.72. The van der Waals surface area contributed by atoms with E-state index in [9.17, 15) is 4.79 Å². The zero-order chi connectivity index (χ0) is 16.4. The summed E-state index contributed by atoms with van der Waals surface area (Å²) in [4.78, 5) is 18.8. The molecule has 3 rings (SSSR count). The van der Waals surface area contributed by atoms with Gasteiger partial charge in [-0.25, -0.2) is 9.78 Å². The lowest BCUT2D eigenvalue weighted by molar-refractivity contribution is -0.131. The highest BCUT2D eigenvalue weighted by Crippen LogP contribution is 2.41. The third-order valence-electron chi connectivity index (χ3n) is 4.72. The first kappa shape index (κ1) is 15.7. The van der Waals surface area contributed by atoms with E-state index >= 15 is 0 Å². The van der Waals surface area contributed by atoms with Crippen LogP contribution in [0.25, 0.3) is 17.1 Å². The van der Waals surface area contributed by atoms with Gasteiger partial charge in [0.2, 0.25) is 0 Å². The van der Waals surface area contributed by atoms with E-state index < -0.39 is 5.97 Å². The maximum absolute atomic E-state index is 10.6. The number of hydrogen-bond acceptors (Lipinski definition) is 3. The van der Waals surface area contributed by atoms with Crippen molar-refractivity contribution in [3.8, 4) is 0 Å². The van der Waals surface area contributed by atoms with Gasteiger partial charge in [0.1, 0.15) is 5.82 Å². The summed E-state index contributed by atoms with van der Waals surface area (Å²) in [6.45, 7) is 4.39. The molecule has 0 amide bonds. The molecule has 0 aliphatic heterocycles. The van der Waals surface area contributed by atoms with Crippen LogP contribution in [-0.2, 0) is 10.3 Å². The number of fused-ring (bicyclic) bond motifs is 1. The molecule has 0 saturated heterocycles. The SMILES string of the molecule is CCC(C)NC1(c2nc3ccc(/C=C/C(=O)O)cc3[nH]2)CCC1. The van der Waals surface area contributed by atoms with Crippen LogP contribution in [0.1, 0.15) is 50.9 Å². The van der Waals surface area contributed by atoms with E-state index in [2.05, 4.69) is 24.1 Å². The van der Waals surface area contributed by atoms with Crippen LogP contribution in [0, 0.1) is 0 Å². The second-order valence-electron chi connectivity index (χ2n) is 6.42. The number of aromatic amines is 1. The van der Waals surface area contributed by atoms with Crippen molar-refractivity contribution in [2.24, 2.45) is 0 Å². The molecule has 1 aliphatic carbocycles. The van der Waals surface area contributed by atoms with Crippen molar-refractivity contribution in [1.82, 2.24) is 15.3 Å². The van der Waals surface area contributed by atoms with Gasteiger partial charge in [-0.15, -0.1) is 0 Å². The summed E-state index contributed by atoms with van der Waals surface area (Å²) in [5, 5.41) is 12.5. The molecule has 1 heterocycles. The fraction of sp³-hybridized carbons (Fsp3) is 0.444.